The quantitative estimate of drug-likeness (QED) is 0.790. The van der Waals surface area contributed by atoms with Crippen molar-refractivity contribution in [2.24, 2.45) is 0 Å². The highest BCUT2D eigenvalue weighted by atomic mass is 16.5. The lowest BCUT2D eigenvalue weighted by molar-refractivity contribution is 0.103. The lowest BCUT2D eigenvalue weighted by atomic mass is 10.0. The van der Waals surface area contributed by atoms with Crippen LogP contribution >= 0.6 is 0 Å². The van der Waals surface area contributed by atoms with Gasteiger partial charge in [-0.2, -0.15) is 0 Å². The number of likely N-dealkylation sites (tertiary alicyclic amines) is 1. The normalized spacial score (nSPS) is 15.0. The van der Waals surface area contributed by atoms with Crippen LogP contribution in [0.25, 0.3) is 0 Å². The smallest absolute Gasteiger partial charge is 0.196 e. The molecular formula is C19H21NO2. The number of benzene rings is 2. The second-order valence-electron chi connectivity index (χ2n) is 5.71. The van der Waals surface area contributed by atoms with E-state index in [2.05, 4.69) is 17.0 Å². The van der Waals surface area contributed by atoms with Crippen molar-refractivity contribution < 1.29 is 9.53 Å². The number of rotatable bonds is 5. The molecule has 0 aliphatic carbocycles. The Morgan fingerprint density at radius 1 is 1.05 bits per heavy atom. The van der Waals surface area contributed by atoms with Crippen LogP contribution < -0.4 is 4.74 Å². The lowest BCUT2D eigenvalue weighted by Gasteiger charge is -2.14. The molecule has 3 rings (SSSR count). The summed E-state index contributed by atoms with van der Waals surface area (Å²) < 4.78 is 5.27. The number of carbonyl (C=O) groups is 1. The summed E-state index contributed by atoms with van der Waals surface area (Å²) in [6, 6.07) is 15.3. The maximum atomic E-state index is 12.6. The van der Waals surface area contributed by atoms with Crippen molar-refractivity contribution >= 4 is 5.78 Å². The summed E-state index contributed by atoms with van der Waals surface area (Å²) in [6.07, 6.45) is 2.59. The number of hydrogen-bond acceptors (Lipinski definition) is 3. The van der Waals surface area contributed by atoms with Crippen molar-refractivity contribution in [2.75, 3.05) is 20.2 Å². The van der Waals surface area contributed by atoms with Gasteiger partial charge in [0.05, 0.1) is 12.7 Å². The molecule has 0 aromatic heterocycles. The van der Waals surface area contributed by atoms with Crippen LogP contribution in [-0.2, 0) is 6.54 Å². The number of para-hydroxylation sites is 1. The van der Waals surface area contributed by atoms with Crippen molar-refractivity contribution in [3.8, 4) is 5.75 Å². The van der Waals surface area contributed by atoms with Gasteiger partial charge in [0, 0.05) is 12.1 Å². The molecule has 1 aliphatic rings. The van der Waals surface area contributed by atoms with Crippen molar-refractivity contribution in [3.63, 3.8) is 0 Å². The Balaban J connectivity index is 1.75. The molecule has 1 saturated heterocycles. The fourth-order valence-corrected chi connectivity index (χ4v) is 2.95. The Morgan fingerprint density at radius 3 is 2.41 bits per heavy atom. The summed E-state index contributed by atoms with van der Waals surface area (Å²) in [5.74, 6) is 0.624. The van der Waals surface area contributed by atoms with E-state index in [4.69, 9.17) is 4.74 Å². The molecule has 0 radical (unpaired) electrons. The zero-order valence-electron chi connectivity index (χ0n) is 12.9. The van der Waals surface area contributed by atoms with Gasteiger partial charge in [-0.1, -0.05) is 36.4 Å². The van der Waals surface area contributed by atoms with Gasteiger partial charge in [0.25, 0.3) is 0 Å². The number of ether oxygens (including phenoxy) is 1. The lowest BCUT2D eigenvalue weighted by Crippen LogP contribution is -2.18. The van der Waals surface area contributed by atoms with Gasteiger partial charge in [-0.3, -0.25) is 9.69 Å². The third-order valence-corrected chi connectivity index (χ3v) is 4.17. The van der Waals surface area contributed by atoms with Gasteiger partial charge in [-0.15, -0.1) is 0 Å². The van der Waals surface area contributed by atoms with Crippen LogP contribution in [0.1, 0.15) is 34.3 Å². The SMILES string of the molecule is COc1ccccc1C(=O)c1ccc(CN2CCCC2)cc1. The number of nitrogens with zero attached hydrogens (tertiary/aromatic N) is 1. The highest BCUT2D eigenvalue weighted by Crippen LogP contribution is 2.21. The Hall–Kier alpha value is -2.13. The van der Waals surface area contributed by atoms with Crippen molar-refractivity contribution in [3.05, 3.63) is 65.2 Å². The zero-order valence-corrected chi connectivity index (χ0v) is 12.9. The van der Waals surface area contributed by atoms with Gasteiger partial charge in [-0.25, -0.2) is 0 Å². The molecule has 0 bridgehead atoms. The van der Waals surface area contributed by atoms with Gasteiger partial charge in [0.15, 0.2) is 5.78 Å². The molecule has 3 nitrogen and oxygen atoms in total. The maximum absolute atomic E-state index is 12.6. The summed E-state index contributed by atoms with van der Waals surface area (Å²) >= 11 is 0. The summed E-state index contributed by atoms with van der Waals surface area (Å²) in [5, 5.41) is 0. The summed E-state index contributed by atoms with van der Waals surface area (Å²) in [5.41, 5.74) is 2.57. The zero-order chi connectivity index (χ0) is 15.4. The molecular weight excluding hydrogens is 274 g/mol. The average molecular weight is 295 g/mol. The first kappa shape index (κ1) is 14.8. The van der Waals surface area contributed by atoms with Gasteiger partial charge in [0.1, 0.15) is 5.75 Å². The van der Waals surface area contributed by atoms with Gasteiger partial charge in [0.2, 0.25) is 0 Å². The number of carbonyl (C=O) groups excluding carboxylic acids is 1. The van der Waals surface area contributed by atoms with Crippen LogP contribution in [0.5, 0.6) is 5.75 Å². The Kier molecular flexibility index (Phi) is 4.54. The van der Waals surface area contributed by atoms with E-state index in [9.17, 15) is 4.79 Å². The third kappa shape index (κ3) is 3.20. The maximum Gasteiger partial charge on any atom is 0.196 e. The second kappa shape index (κ2) is 6.75. The van der Waals surface area contributed by atoms with Crippen LogP contribution in [0.4, 0.5) is 0 Å². The molecule has 1 heterocycles. The molecule has 2 aromatic rings. The number of ketones is 1. The Bertz CT molecular complexity index is 643. The van der Waals surface area contributed by atoms with E-state index in [1.807, 2.05) is 30.3 Å². The van der Waals surface area contributed by atoms with Gasteiger partial charge in [-0.05, 0) is 43.6 Å². The first-order valence-corrected chi connectivity index (χ1v) is 7.77. The van der Waals surface area contributed by atoms with E-state index >= 15 is 0 Å². The molecule has 2 aromatic carbocycles. The number of hydrogen-bond donors (Lipinski definition) is 0. The molecule has 114 valence electrons. The van der Waals surface area contributed by atoms with Crippen LogP contribution in [0.15, 0.2) is 48.5 Å². The Labute approximate surface area is 131 Å². The van der Waals surface area contributed by atoms with Crippen LogP contribution in [0.2, 0.25) is 0 Å². The molecule has 22 heavy (non-hydrogen) atoms. The van der Waals surface area contributed by atoms with E-state index < -0.39 is 0 Å². The highest BCUT2D eigenvalue weighted by molar-refractivity contribution is 6.10. The second-order valence-corrected chi connectivity index (χ2v) is 5.71. The topological polar surface area (TPSA) is 29.5 Å². The minimum absolute atomic E-state index is 0.00479. The largest absolute Gasteiger partial charge is 0.496 e. The first-order chi connectivity index (χ1) is 10.8. The summed E-state index contributed by atoms with van der Waals surface area (Å²) in [7, 11) is 1.59. The van der Waals surface area contributed by atoms with E-state index in [0.29, 0.717) is 16.9 Å². The van der Waals surface area contributed by atoms with Gasteiger partial charge >= 0.3 is 0 Å². The molecule has 0 spiro atoms. The first-order valence-electron chi connectivity index (χ1n) is 7.77. The van der Waals surface area contributed by atoms with E-state index in [1.54, 1.807) is 13.2 Å². The predicted molar refractivity (Wildman–Crippen MR) is 87.4 cm³/mol. The van der Waals surface area contributed by atoms with Crippen LogP contribution in [0, 0.1) is 0 Å². The average Bonchev–Trinajstić information content (AvgIpc) is 3.08. The summed E-state index contributed by atoms with van der Waals surface area (Å²) in [6.45, 7) is 3.34. The van der Waals surface area contributed by atoms with E-state index in [1.165, 1.54) is 31.5 Å². The minimum atomic E-state index is 0.00479. The van der Waals surface area contributed by atoms with E-state index in [-0.39, 0.29) is 5.78 Å². The van der Waals surface area contributed by atoms with Crippen molar-refractivity contribution in [1.29, 1.82) is 0 Å². The van der Waals surface area contributed by atoms with Crippen LogP contribution in [-0.4, -0.2) is 30.9 Å². The molecule has 1 fully saturated rings. The fraction of sp³-hybridized carbons (Fsp3) is 0.316. The molecule has 0 atom stereocenters. The minimum Gasteiger partial charge on any atom is -0.496 e. The predicted octanol–water partition coefficient (Wildman–Crippen LogP) is 3.52. The molecule has 0 saturated carbocycles. The van der Waals surface area contributed by atoms with Gasteiger partial charge < -0.3 is 4.74 Å². The Morgan fingerprint density at radius 2 is 1.73 bits per heavy atom. The molecule has 0 N–H and O–H groups in total. The van der Waals surface area contributed by atoms with Crippen molar-refractivity contribution in [1.82, 2.24) is 4.90 Å². The molecule has 3 heteroatoms. The fourth-order valence-electron chi connectivity index (χ4n) is 2.95. The summed E-state index contributed by atoms with van der Waals surface area (Å²) in [4.78, 5) is 15.0. The standard InChI is InChI=1S/C19H21NO2/c1-22-18-7-3-2-6-17(18)19(21)16-10-8-15(9-11-16)14-20-12-4-5-13-20/h2-3,6-11H,4-5,12-14H2,1H3. The van der Waals surface area contributed by atoms with Crippen molar-refractivity contribution in [2.45, 2.75) is 19.4 Å². The third-order valence-electron chi connectivity index (χ3n) is 4.17. The molecule has 0 amide bonds. The van der Waals surface area contributed by atoms with E-state index in [0.717, 1.165) is 6.54 Å². The monoisotopic (exact) mass is 295 g/mol. The molecule has 1 aliphatic heterocycles. The van der Waals surface area contributed by atoms with Crippen LogP contribution in [0.3, 0.4) is 0 Å². The highest BCUT2D eigenvalue weighted by Gasteiger charge is 2.15. The molecule has 0 unspecified atom stereocenters. The number of methoxy groups -OCH3 is 1.